The SMILES string of the molecule is CC(NCc1ccccc1Cl)C1CC2CCC1C2. The Balaban J connectivity index is 1.56. The van der Waals surface area contributed by atoms with E-state index in [4.69, 9.17) is 11.6 Å². The third kappa shape index (κ3) is 2.44. The topological polar surface area (TPSA) is 12.0 Å². The summed E-state index contributed by atoms with van der Waals surface area (Å²) in [6.45, 7) is 3.25. The molecule has 2 aliphatic carbocycles. The van der Waals surface area contributed by atoms with E-state index in [0.717, 1.165) is 29.3 Å². The molecule has 98 valence electrons. The molecule has 0 saturated heterocycles. The van der Waals surface area contributed by atoms with Gasteiger partial charge in [0.1, 0.15) is 0 Å². The molecule has 1 aromatic rings. The summed E-state index contributed by atoms with van der Waals surface area (Å²) in [6.07, 6.45) is 5.88. The standard InChI is InChI=1S/C16H22ClN/c1-11(15-9-12-6-7-13(15)8-12)18-10-14-4-2-3-5-16(14)17/h2-5,11-13,15,18H,6-10H2,1H3. The first kappa shape index (κ1) is 12.5. The molecular formula is C16H22ClN. The zero-order valence-corrected chi connectivity index (χ0v) is 11.8. The minimum atomic E-state index is 0.622. The maximum atomic E-state index is 6.19. The van der Waals surface area contributed by atoms with Crippen LogP contribution >= 0.6 is 11.6 Å². The van der Waals surface area contributed by atoms with E-state index in [1.165, 1.54) is 31.2 Å². The van der Waals surface area contributed by atoms with Gasteiger partial charge >= 0.3 is 0 Å². The number of hydrogen-bond donors (Lipinski definition) is 1. The van der Waals surface area contributed by atoms with Crippen LogP contribution in [0.25, 0.3) is 0 Å². The van der Waals surface area contributed by atoms with Gasteiger partial charge < -0.3 is 5.32 Å². The molecule has 18 heavy (non-hydrogen) atoms. The van der Waals surface area contributed by atoms with E-state index in [1.807, 2.05) is 12.1 Å². The minimum absolute atomic E-state index is 0.622. The van der Waals surface area contributed by atoms with Crippen LogP contribution in [0, 0.1) is 17.8 Å². The lowest BCUT2D eigenvalue weighted by Gasteiger charge is -2.28. The molecule has 0 radical (unpaired) electrons. The number of nitrogens with one attached hydrogen (secondary N) is 1. The van der Waals surface area contributed by atoms with Gasteiger partial charge in [0.05, 0.1) is 0 Å². The van der Waals surface area contributed by atoms with Gasteiger partial charge in [0.25, 0.3) is 0 Å². The van der Waals surface area contributed by atoms with Gasteiger partial charge in [0.15, 0.2) is 0 Å². The Morgan fingerprint density at radius 2 is 2.11 bits per heavy atom. The summed E-state index contributed by atoms with van der Waals surface area (Å²) in [4.78, 5) is 0. The summed E-state index contributed by atoms with van der Waals surface area (Å²) in [6, 6.07) is 8.76. The van der Waals surface area contributed by atoms with Crippen molar-refractivity contribution in [1.29, 1.82) is 0 Å². The molecule has 2 aliphatic rings. The van der Waals surface area contributed by atoms with Gasteiger partial charge in [-0.25, -0.2) is 0 Å². The van der Waals surface area contributed by atoms with Crippen molar-refractivity contribution < 1.29 is 0 Å². The summed E-state index contributed by atoms with van der Waals surface area (Å²) < 4.78 is 0. The number of halogens is 1. The van der Waals surface area contributed by atoms with Crippen LogP contribution < -0.4 is 5.32 Å². The Kier molecular flexibility index (Phi) is 3.63. The van der Waals surface area contributed by atoms with Gasteiger partial charge in [0, 0.05) is 17.6 Å². The third-order valence-corrected chi connectivity index (χ3v) is 5.38. The molecule has 4 atom stereocenters. The van der Waals surface area contributed by atoms with E-state index in [1.54, 1.807) is 0 Å². The number of benzene rings is 1. The minimum Gasteiger partial charge on any atom is -0.310 e. The lowest BCUT2D eigenvalue weighted by Crippen LogP contribution is -2.35. The average molecular weight is 264 g/mol. The summed E-state index contributed by atoms with van der Waals surface area (Å²) in [5.41, 5.74) is 1.22. The number of rotatable bonds is 4. The van der Waals surface area contributed by atoms with Crippen LogP contribution in [-0.4, -0.2) is 6.04 Å². The summed E-state index contributed by atoms with van der Waals surface area (Å²) in [5.74, 6) is 2.92. The fraction of sp³-hybridized carbons (Fsp3) is 0.625. The molecule has 3 rings (SSSR count). The summed E-state index contributed by atoms with van der Waals surface area (Å²) >= 11 is 6.19. The molecule has 0 aliphatic heterocycles. The molecule has 2 heteroatoms. The van der Waals surface area contributed by atoms with Gasteiger partial charge in [-0.1, -0.05) is 36.2 Å². The number of fused-ring (bicyclic) bond motifs is 2. The molecule has 2 saturated carbocycles. The first-order valence-corrected chi connectivity index (χ1v) is 7.58. The average Bonchev–Trinajstić information content (AvgIpc) is 2.99. The molecule has 0 heterocycles. The van der Waals surface area contributed by atoms with Crippen LogP contribution in [0.1, 0.15) is 38.2 Å². The zero-order valence-electron chi connectivity index (χ0n) is 11.0. The molecule has 1 N–H and O–H groups in total. The zero-order chi connectivity index (χ0) is 12.5. The Hall–Kier alpha value is -0.530. The van der Waals surface area contributed by atoms with Gasteiger partial charge in [-0.05, 0) is 55.6 Å². The second-order valence-electron chi connectivity index (χ2n) is 6.10. The van der Waals surface area contributed by atoms with E-state index in [0.29, 0.717) is 6.04 Å². The first-order chi connectivity index (χ1) is 8.74. The van der Waals surface area contributed by atoms with Crippen LogP contribution in [0.5, 0.6) is 0 Å². The van der Waals surface area contributed by atoms with Crippen LogP contribution in [-0.2, 0) is 6.54 Å². The predicted octanol–water partition coefficient (Wildman–Crippen LogP) is 4.25. The molecule has 0 amide bonds. The quantitative estimate of drug-likeness (QED) is 0.856. The van der Waals surface area contributed by atoms with Crippen molar-refractivity contribution in [1.82, 2.24) is 5.32 Å². The van der Waals surface area contributed by atoms with Crippen LogP contribution in [0.3, 0.4) is 0 Å². The lowest BCUT2D eigenvalue weighted by molar-refractivity contribution is 0.259. The molecule has 0 spiro atoms. The monoisotopic (exact) mass is 263 g/mol. The van der Waals surface area contributed by atoms with Crippen molar-refractivity contribution >= 4 is 11.6 Å². The first-order valence-electron chi connectivity index (χ1n) is 7.21. The second-order valence-corrected chi connectivity index (χ2v) is 6.51. The fourth-order valence-electron chi connectivity index (χ4n) is 3.97. The van der Waals surface area contributed by atoms with Gasteiger partial charge in [0.2, 0.25) is 0 Å². The number of hydrogen-bond acceptors (Lipinski definition) is 1. The molecule has 1 nitrogen and oxygen atoms in total. The van der Waals surface area contributed by atoms with Crippen molar-refractivity contribution in [3.05, 3.63) is 34.9 Å². The molecule has 0 aromatic heterocycles. The highest BCUT2D eigenvalue weighted by Crippen LogP contribution is 2.49. The van der Waals surface area contributed by atoms with E-state index in [-0.39, 0.29) is 0 Å². The second kappa shape index (κ2) is 5.22. The van der Waals surface area contributed by atoms with Crippen LogP contribution in [0.15, 0.2) is 24.3 Å². The third-order valence-electron chi connectivity index (χ3n) is 5.01. The molecule has 2 fully saturated rings. The predicted molar refractivity (Wildman–Crippen MR) is 76.7 cm³/mol. The maximum Gasteiger partial charge on any atom is 0.0450 e. The van der Waals surface area contributed by atoms with Crippen molar-refractivity contribution in [2.75, 3.05) is 0 Å². The van der Waals surface area contributed by atoms with E-state index in [2.05, 4.69) is 24.4 Å². The van der Waals surface area contributed by atoms with Gasteiger partial charge in [-0.15, -0.1) is 0 Å². The summed E-state index contributed by atoms with van der Waals surface area (Å²) in [7, 11) is 0. The Morgan fingerprint density at radius 1 is 1.28 bits per heavy atom. The molecule has 2 bridgehead atoms. The Labute approximate surface area is 115 Å². The van der Waals surface area contributed by atoms with Crippen molar-refractivity contribution in [3.63, 3.8) is 0 Å². The van der Waals surface area contributed by atoms with Crippen molar-refractivity contribution in [3.8, 4) is 0 Å². The maximum absolute atomic E-state index is 6.19. The highest BCUT2D eigenvalue weighted by atomic mass is 35.5. The highest BCUT2D eigenvalue weighted by Gasteiger charge is 2.41. The van der Waals surface area contributed by atoms with Crippen LogP contribution in [0.4, 0.5) is 0 Å². The molecule has 1 aromatic carbocycles. The highest BCUT2D eigenvalue weighted by molar-refractivity contribution is 6.31. The van der Waals surface area contributed by atoms with E-state index in [9.17, 15) is 0 Å². The molecular weight excluding hydrogens is 242 g/mol. The normalized spacial score (nSPS) is 31.8. The van der Waals surface area contributed by atoms with Gasteiger partial charge in [-0.2, -0.15) is 0 Å². The lowest BCUT2D eigenvalue weighted by atomic mass is 9.84. The fourth-order valence-corrected chi connectivity index (χ4v) is 4.17. The van der Waals surface area contributed by atoms with Crippen molar-refractivity contribution in [2.45, 2.75) is 45.2 Å². The summed E-state index contributed by atoms with van der Waals surface area (Å²) in [5, 5.41) is 4.56. The van der Waals surface area contributed by atoms with E-state index >= 15 is 0 Å². The van der Waals surface area contributed by atoms with Crippen molar-refractivity contribution in [2.24, 2.45) is 17.8 Å². The van der Waals surface area contributed by atoms with Gasteiger partial charge in [-0.3, -0.25) is 0 Å². The Bertz CT molecular complexity index is 417. The van der Waals surface area contributed by atoms with E-state index < -0.39 is 0 Å². The Morgan fingerprint density at radius 3 is 2.78 bits per heavy atom. The van der Waals surface area contributed by atoms with Crippen LogP contribution in [0.2, 0.25) is 5.02 Å². The molecule has 4 unspecified atom stereocenters. The smallest absolute Gasteiger partial charge is 0.0450 e. The largest absolute Gasteiger partial charge is 0.310 e.